The zero-order valence-corrected chi connectivity index (χ0v) is 11.7. The Morgan fingerprint density at radius 3 is 2.72 bits per heavy atom. The molecule has 0 N–H and O–H groups in total. The molecule has 0 aromatic rings. The van der Waals surface area contributed by atoms with Gasteiger partial charge in [0.25, 0.3) is 0 Å². The zero-order valence-electron chi connectivity index (χ0n) is 11.7. The molecule has 102 valence electrons. The average molecular weight is 252 g/mol. The van der Waals surface area contributed by atoms with Crippen molar-refractivity contribution in [2.75, 3.05) is 33.2 Å². The van der Waals surface area contributed by atoms with Gasteiger partial charge in [-0.15, -0.1) is 0 Å². The molecule has 2 aliphatic heterocycles. The van der Waals surface area contributed by atoms with Crippen molar-refractivity contribution >= 4 is 5.97 Å². The van der Waals surface area contributed by atoms with Crippen LogP contribution in [0.15, 0.2) is 12.3 Å². The number of carbonyl (C=O) groups excluding carboxylic acids is 1. The van der Waals surface area contributed by atoms with E-state index in [0.717, 1.165) is 39.0 Å². The number of carbonyl (C=O) groups is 1. The van der Waals surface area contributed by atoms with E-state index in [2.05, 4.69) is 30.4 Å². The summed E-state index contributed by atoms with van der Waals surface area (Å²) in [5.74, 6) is 0.738. The Morgan fingerprint density at radius 2 is 2.06 bits per heavy atom. The number of esters is 1. The van der Waals surface area contributed by atoms with Gasteiger partial charge in [-0.3, -0.25) is 4.90 Å². The fraction of sp³-hybridized carbons (Fsp3) is 0.786. The van der Waals surface area contributed by atoms with Gasteiger partial charge in [-0.1, -0.05) is 13.5 Å². The highest BCUT2D eigenvalue weighted by molar-refractivity contribution is 5.82. The minimum absolute atomic E-state index is 0.129. The predicted octanol–water partition coefficient (Wildman–Crippen LogP) is 1.48. The Hall–Kier alpha value is -0.870. The Bertz CT molecular complexity index is 356. The van der Waals surface area contributed by atoms with E-state index in [1.165, 1.54) is 0 Å². The first-order valence-electron chi connectivity index (χ1n) is 6.78. The SMILES string of the molecule is C=C1C[C@@H](C)C(C)(N2CCCN(C)CC2)C(=O)O1. The van der Waals surface area contributed by atoms with Crippen LogP contribution in [0.5, 0.6) is 0 Å². The van der Waals surface area contributed by atoms with Gasteiger partial charge < -0.3 is 9.64 Å². The van der Waals surface area contributed by atoms with Crippen molar-refractivity contribution in [3.05, 3.63) is 12.3 Å². The van der Waals surface area contributed by atoms with Gasteiger partial charge in [-0.05, 0) is 32.9 Å². The maximum atomic E-state index is 12.3. The van der Waals surface area contributed by atoms with E-state index in [9.17, 15) is 4.79 Å². The molecule has 2 atom stereocenters. The second kappa shape index (κ2) is 5.02. The number of likely N-dealkylation sites (N-methyl/N-ethyl adjacent to an activating group) is 1. The maximum Gasteiger partial charge on any atom is 0.331 e. The van der Waals surface area contributed by atoms with Crippen LogP contribution in [0.3, 0.4) is 0 Å². The van der Waals surface area contributed by atoms with E-state index >= 15 is 0 Å². The lowest BCUT2D eigenvalue weighted by Gasteiger charge is -2.45. The lowest BCUT2D eigenvalue weighted by atomic mass is 9.80. The van der Waals surface area contributed by atoms with Crippen molar-refractivity contribution in [1.82, 2.24) is 9.80 Å². The van der Waals surface area contributed by atoms with Gasteiger partial charge >= 0.3 is 5.97 Å². The minimum Gasteiger partial charge on any atom is -0.430 e. The van der Waals surface area contributed by atoms with Crippen LogP contribution in [0, 0.1) is 5.92 Å². The number of hydrogen-bond donors (Lipinski definition) is 0. The largest absolute Gasteiger partial charge is 0.430 e. The highest BCUT2D eigenvalue weighted by Crippen LogP contribution is 2.36. The third-order valence-electron chi connectivity index (χ3n) is 4.52. The fourth-order valence-electron chi connectivity index (χ4n) is 2.97. The van der Waals surface area contributed by atoms with E-state index in [1.807, 2.05) is 6.92 Å². The summed E-state index contributed by atoms with van der Waals surface area (Å²) in [6.45, 7) is 11.9. The van der Waals surface area contributed by atoms with Crippen LogP contribution < -0.4 is 0 Å². The smallest absolute Gasteiger partial charge is 0.331 e. The molecule has 0 aliphatic carbocycles. The third-order valence-corrected chi connectivity index (χ3v) is 4.52. The lowest BCUT2D eigenvalue weighted by molar-refractivity contribution is -0.162. The van der Waals surface area contributed by atoms with Gasteiger partial charge in [0.1, 0.15) is 11.3 Å². The van der Waals surface area contributed by atoms with E-state index < -0.39 is 5.54 Å². The van der Waals surface area contributed by atoms with Gasteiger partial charge in [0.05, 0.1) is 0 Å². The molecule has 2 rings (SSSR count). The van der Waals surface area contributed by atoms with Crippen LogP contribution in [0.4, 0.5) is 0 Å². The monoisotopic (exact) mass is 252 g/mol. The van der Waals surface area contributed by atoms with Crippen molar-refractivity contribution in [2.45, 2.75) is 32.2 Å². The van der Waals surface area contributed by atoms with E-state index in [4.69, 9.17) is 4.74 Å². The molecule has 18 heavy (non-hydrogen) atoms. The molecule has 4 nitrogen and oxygen atoms in total. The number of cyclic esters (lactones) is 1. The first-order chi connectivity index (χ1) is 8.44. The summed E-state index contributed by atoms with van der Waals surface area (Å²) in [6, 6.07) is 0. The molecule has 0 aromatic heterocycles. The predicted molar refractivity (Wildman–Crippen MR) is 71.1 cm³/mol. The van der Waals surface area contributed by atoms with Crippen molar-refractivity contribution in [3.63, 3.8) is 0 Å². The van der Waals surface area contributed by atoms with Crippen LogP contribution in [0.25, 0.3) is 0 Å². The highest BCUT2D eigenvalue weighted by atomic mass is 16.5. The third kappa shape index (κ3) is 2.31. The highest BCUT2D eigenvalue weighted by Gasteiger charge is 2.48. The van der Waals surface area contributed by atoms with Crippen LogP contribution in [0.1, 0.15) is 26.7 Å². The standard InChI is InChI=1S/C14H24N2O2/c1-11-10-12(2)18-13(17)14(11,3)16-7-5-6-15(4)8-9-16/h11H,2,5-10H2,1,3-4H3/t11-,14?/m1/s1. The topological polar surface area (TPSA) is 32.8 Å². The number of nitrogens with zero attached hydrogens (tertiary/aromatic N) is 2. The first-order valence-corrected chi connectivity index (χ1v) is 6.78. The number of ether oxygens (including phenoxy) is 1. The summed E-state index contributed by atoms with van der Waals surface area (Å²) in [4.78, 5) is 16.9. The lowest BCUT2D eigenvalue weighted by Crippen LogP contribution is -2.60. The molecule has 0 amide bonds. The number of allylic oxidation sites excluding steroid dienone is 1. The van der Waals surface area contributed by atoms with Gasteiger partial charge in [0.2, 0.25) is 0 Å². The molecular formula is C14H24N2O2. The average Bonchev–Trinajstić information content (AvgIpc) is 2.51. The van der Waals surface area contributed by atoms with Crippen LogP contribution >= 0.6 is 0 Å². The van der Waals surface area contributed by atoms with Gasteiger partial charge in [0, 0.05) is 26.1 Å². The van der Waals surface area contributed by atoms with Gasteiger partial charge in [-0.2, -0.15) is 0 Å². The van der Waals surface area contributed by atoms with Gasteiger partial charge in [0.15, 0.2) is 0 Å². The molecule has 2 fully saturated rings. The normalized spacial score (nSPS) is 36.3. The van der Waals surface area contributed by atoms with E-state index in [1.54, 1.807) is 0 Å². The summed E-state index contributed by atoms with van der Waals surface area (Å²) >= 11 is 0. The Balaban J connectivity index is 2.18. The fourth-order valence-corrected chi connectivity index (χ4v) is 2.97. The molecule has 2 saturated heterocycles. The number of hydrogen-bond acceptors (Lipinski definition) is 4. The molecule has 0 aromatic carbocycles. The summed E-state index contributed by atoms with van der Waals surface area (Å²) < 4.78 is 5.30. The van der Waals surface area contributed by atoms with Crippen molar-refractivity contribution < 1.29 is 9.53 Å². The Kier molecular flexibility index (Phi) is 3.78. The minimum atomic E-state index is -0.494. The molecule has 0 spiro atoms. The van der Waals surface area contributed by atoms with Gasteiger partial charge in [-0.25, -0.2) is 4.79 Å². The Morgan fingerprint density at radius 1 is 1.33 bits per heavy atom. The van der Waals surface area contributed by atoms with Crippen molar-refractivity contribution in [3.8, 4) is 0 Å². The summed E-state index contributed by atoms with van der Waals surface area (Å²) in [5.41, 5.74) is -0.494. The van der Waals surface area contributed by atoms with Crippen molar-refractivity contribution in [1.29, 1.82) is 0 Å². The second-order valence-corrected chi connectivity index (χ2v) is 5.82. The molecule has 0 radical (unpaired) electrons. The molecule has 1 unspecified atom stereocenters. The summed E-state index contributed by atoms with van der Waals surface area (Å²) in [7, 11) is 2.14. The molecule has 0 saturated carbocycles. The van der Waals surface area contributed by atoms with E-state index in [0.29, 0.717) is 5.76 Å². The molecule has 2 aliphatic rings. The van der Waals surface area contributed by atoms with Crippen LogP contribution in [-0.2, 0) is 9.53 Å². The molecule has 0 bridgehead atoms. The molecule has 2 heterocycles. The molecule has 4 heteroatoms. The maximum absolute atomic E-state index is 12.3. The second-order valence-electron chi connectivity index (χ2n) is 5.82. The summed E-state index contributed by atoms with van der Waals surface area (Å²) in [6.07, 6.45) is 1.88. The number of rotatable bonds is 1. The quantitative estimate of drug-likeness (QED) is 0.662. The molecular weight excluding hydrogens is 228 g/mol. The van der Waals surface area contributed by atoms with Crippen molar-refractivity contribution in [2.24, 2.45) is 5.92 Å². The van der Waals surface area contributed by atoms with Crippen LogP contribution in [0.2, 0.25) is 0 Å². The zero-order chi connectivity index (χ0) is 13.3. The summed E-state index contributed by atoms with van der Waals surface area (Å²) in [5, 5.41) is 0. The Labute approximate surface area is 110 Å². The van der Waals surface area contributed by atoms with E-state index in [-0.39, 0.29) is 11.9 Å². The van der Waals surface area contributed by atoms with Crippen LogP contribution in [-0.4, -0.2) is 54.5 Å². The first kappa shape index (κ1) is 13.6.